The lowest BCUT2D eigenvalue weighted by Gasteiger charge is -2.37. The van der Waals surface area contributed by atoms with Gasteiger partial charge in [0.05, 0.1) is 18.9 Å². The van der Waals surface area contributed by atoms with Gasteiger partial charge in [0.2, 0.25) is 0 Å². The van der Waals surface area contributed by atoms with Crippen LogP contribution in [0.25, 0.3) is 0 Å². The summed E-state index contributed by atoms with van der Waals surface area (Å²) in [7, 11) is 0. The summed E-state index contributed by atoms with van der Waals surface area (Å²) in [5.74, 6) is 2.02. The molecule has 0 amide bonds. The van der Waals surface area contributed by atoms with Gasteiger partial charge in [-0.05, 0) is 56.3 Å². The van der Waals surface area contributed by atoms with E-state index in [2.05, 4.69) is 6.92 Å². The van der Waals surface area contributed by atoms with Crippen LogP contribution in [0.2, 0.25) is 0 Å². The molecule has 162 valence electrons. The summed E-state index contributed by atoms with van der Waals surface area (Å²) < 4.78 is 10.2. The van der Waals surface area contributed by atoms with E-state index < -0.39 is 5.97 Å². The van der Waals surface area contributed by atoms with E-state index in [-0.39, 0.29) is 38.1 Å². The van der Waals surface area contributed by atoms with Gasteiger partial charge in [0, 0.05) is 0 Å². The van der Waals surface area contributed by atoms with Gasteiger partial charge in [-0.2, -0.15) is 0 Å². The van der Waals surface area contributed by atoms with Crippen LogP contribution in [0.15, 0.2) is 0 Å². The van der Waals surface area contributed by atoms with Gasteiger partial charge >= 0.3 is 11.9 Å². The minimum atomic E-state index is -0.459. The van der Waals surface area contributed by atoms with Crippen molar-refractivity contribution in [1.82, 2.24) is 0 Å². The van der Waals surface area contributed by atoms with E-state index in [4.69, 9.17) is 14.6 Å². The Morgan fingerprint density at radius 1 is 0.857 bits per heavy atom. The second-order valence-corrected chi connectivity index (χ2v) is 8.75. The van der Waals surface area contributed by atoms with Crippen LogP contribution in [-0.2, 0) is 19.1 Å². The number of aliphatic hydroxyl groups excluding tert-OH is 1. The molecule has 28 heavy (non-hydrogen) atoms. The topological polar surface area (TPSA) is 72.8 Å². The summed E-state index contributed by atoms with van der Waals surface area (Å²) in [6.07, 6.45) is 15.3. The molecule has 0 aromatic carbocycles. The minimum absolute atomic E-state index is 0.00905. The van der Waals surface area contributed by atoms with Crippen LogP contribution in [-0.4, -0.2) is 36.9 Å². The van der Waals surface area contributed by atoms with Crippen molar-refractivity contribution < 1.29 is 24.2 Å². The maximum atomic E-state index is 12.2. The molecule has 0 unspecified atom stereocenters. The largest absolute Gasteiger partial charge is 0.462 e. The zero-order valence-corrected chi connectivity index (χ0v) is 17.7. The van der Waals surface area contributed by atoms with E-state index in [1.807, 2.05) is 0 Å². The molecule has 2 rings (SSSR count). The summed E-state index contributed by atoms with van der Waals surface area (Å²) >= 11 is 0. The summed E-state index contributed by atoms with van der Waals surface area (Å²) in [5, 5.41) is 8.64. The maximum absolute atomic E-state index is 12.2. The first-order valence-electron chi connectivity index (χ1n) is 11.6. The van der Waals surface area contributed by atoms with Crippen molar-refractivity contribution in [2.75, 3.05) is 19.8 Å². The Labute approximate surface area is 170 Å². The molecule has 0 radical (unpaired) electrons. The van der Waals surface area contributed by atoms with Gasteiger partial charge in [-0.25, -0.2) is 0 Å². The summed E-state index contributed by atoms with van der Waals surface area (Å²) in [5.41, 5.74) is 0. The van der Waals surface area contributed by atoms with Crippen LogP contribution < -0.4 is 0 Å². The highest BCUT2D eigenvalue weighted by atomic mass is 16.6. The normalized spacial score (nSPS) is 27.9. The van der Waals surface area contributed by atoms with Crippen molar-refractivity contribution in [2.45, 2.75) is 90.4 Å². The lowest BCUT2D eigenvalue weighted by molar-refractivity contribution is -0.156. The molecule has 5 heteroatoms. The van der Waals surface area contributed by atoms with Gasteiger partial charge in [-0.15, -0.1) is 0 Å². The van der Waals surface area contributed by atoms with Crippen molar-refractivity contribution in [3.63, 3.8) is 0 Å². The molecule has 2 fully saturated rings. The molecule has 0 heterocycles. The summed E-state index contributed by atoms with van der Waals surface area (Å²) in [6.45, 7) is 2.23. The van der Waals surface area contributed by atoms with E-state index >= 15 is 0 Å². The Balaban J connectivity index is 1.57. The molecule has 0 saturated heterocycles. The Bertz CT molecular complexity index is 448. The fourth-order valence-electron chi connectivity index (χ4n) is 5.04. The van der Waals surface area contributed by atoms with Gasteiger partial charge in [0.1, 0.15) is 13.2 Å². The zero-order valence-electron chi connectivity index (χ0n) is 17.7. The van der Waals surface area contributed by atoms with Crippen LogP contribution in [0.5, 0.6) is 0 Å². The lowest BCUT2D eigenvalue weighted by atomic mass is 9.68. The molecule has 0 aromatic heterocycles. The predicted octanol–water partition coefficient (Wildman–Crippen LogP) is 4.65. The van der Waals surface area contributed by atoms with Crippen LogP contribution >= 0.6 is 0 Å². The number of unbranched alkanes of at least 4 members (excludes halogenated alkanes) is 2. The smallest absolute Gasteiger partial charge is 0.309 e. The number of carbonyl (C=O) groups is 2. The highest BCUT2D eigenvalue weighted by Gasteiger charge is 2.33. The average molecular weight is 397 g/mol. The van der Waals surface area contributed by atoms with E-state index in [1.165, 1.54) is 51.4 Å². The fraction of sp³-hybridized carbons (Fsp3) is 0.913. The Morgan fingerprint density at radius 2 is 1.46 bits per heavy atom. The van der Waals surface area contributed by atoms with Crippen molar-refractivity contribution in [1.29, 1.82) is 0 Å². The summed E-state index contributed by atoms with van der Waals surface area (Å²) in [6, 6.07) is 0. The molecule has 0 aromatic rings. The summed E-state index contributed by atoms with van der Waals surface area (Å²) in [4.78, 5) is 23.4. The number of ether oxygens (including phenoxy) is 2. The van der Waals surface area contributed by atoms with E-state index in [0.29, 0.717) is 0 Å². The first kappa shape index (κ1) is 23.2. The fourth-order valence-corrected chi connectivity index (χ4v) is 5.04. The van der Waals surface area contributed by atoms with Crippen molar-refractivity contribution in [3.05, 3.63) is 0 Å². The molecule has 0 atom stereocenters. The predicted molar refractivity (Wildman–Crippen MR) is 109 cm³/mol. The van der Waals surface area contributed by atoms with Gasteiger partial charge in [0.25, 0.3) is 0 Å². The first-order chi connectivity index (χ1) is 13.6. The van der Waals surface area contributed by atoms with Gasteiger partial charge in [-0.3, -0.25) is 9.59 Å². The SMILES string of the molecule is CCCCCC1CCC(C2CCC(C(=O)OCCOC(=O)CCO)CC2)CC1. The Hall–Kier alpha value is -1.10. The molecule has 0 aliphatic heterocycles. The van der Waals surface area contributed by atoms with Crippen LogP contribution in [0.3, 0.4) is 0 Å². The number of hydrogen-bond donors (Lipinski definition) is 1. The molecule has 5 nitrogen and oxygen atoms in total. The Morgan fingerprint density at radius 3 is 2.07 bits per heavy atom. The molecule has 1 N–H and O–H groups in total. The van der Waals surface area contributed by atoms with E-state index in [1.54, 1.807) is 0 Å². The third kappa shape index (κ3) is 8.10. The maximum Gasteiger partial charge on any atom is 0.309 e. The van der Waals surface area contributed by atoms with Crippen molar-refractivity contribution in [2.24, 2.45) is 23.7 Å². The van der Waals surface area contributed by atoms with Crippen LogP contribution in [0.1, 0.15) is 90.4 Å². The molecule has 2 aliphatic rings. The minimum Gasteiger partial charge on any atom is -0.462 e. The number of aliphatic hydroxyl groups is 1. The first-order valence-corrected chi connectivity index (χ1v) is 11.6. The monoisotopic (exact) mass is 396 g/mol. The number of hydrogen-bond acceptors (Lipinski definition) is 5. The van der Waals surface area contributed by atoms with Crippen molar-refractivity contribution >= 4 is 11.9 Å². The highest BCUT2D eigenvalue weighted by molar-refractivity contribution is 5.72. The number of esters is 2. The standard InChI is InChI=1S/C23H40O5/c1-2-3-4-5-18-6-8-19(9-7-18)20-10-12-21(13-11-20)23(26)28-17-16-27-22(25)14-15-24/h18-21,24H,2-17H2,1H3. The van der Waals surface area contributed by atoms with Crippen molar-refractivity contribution in [3.8, 4) is 0 Å². The quantitative estimate of drug-likeness (QED) is 0.406. The molecule has 2 aliphatic carbocycles. The van der Waals surface area contributed by atoms with Crippen LogP contribution in [0.4, 0.5) is 0 Å². The van der Waals surface area contributed by atoms with Crippen LogP contribution in [0, 0.1) is 23.7 Å². The average Bonchev–Trinajstić information content (AvgIpc) is 2.72. The zero-order chi connectivity index (χ0) is 20.2. The van der Waals surface area contributed by atoms with E-state index in [0.717, 1.165) is 43.4 Å². The molecule has 0 bridgehead atoms. The molecular weight excluding hydrogens is 356 g/mol. The molecule has 0 spiro atoms. The van der Waals surface area contributed by atoms with Gasteiger partial charge in [0.15, 0.2) is 0 Å². The highest BCUT2D eigenvalue weighted by Crippen LogP contribution is 2.42. The molecule has 2 saturated carbocycles. The van der Waals surface area contributed by atoms with Gasteiger partial charge in [-0.1, -0.05) is 45.4 Å². The second-order valence-electron chi connectivity index (χ2n) is 8.75. The third-order valence-electron chi connectivity index (χ3n) is 6.79. The third-order valence-corrected chi connectivity index (χ3v) is 6.79. The lowest BCUT2D eigenvalue weighted by Crippen LogP contribution is -2.29. The Kier molecular flexibility index (Phi) is 10.9. The number of rotatable bonds is 11. The van der Waals surface area contributed by atoms with Gasteiger partial charge < -0.3 is 14.6 Å². The second kappa shape index (κ2) is 13.2. The number of carbonyl (C=O) groups excluding carboxylic acids is 2. The molecular formula is C23H40O5. The van der Waals surface area contributed by atoms with E-state index in [9.17, 15) is 9.59 Å².